The van der Waals surface area contributed by atoms with Crippen LogP contribution in [0, 0.1) is 22.2 Å². The summed E-state index contributed by atoms with van der Waals surface area (Å²) in [7, 11) is 5.01. The normalized spacial score (nSPS) is 45.8. The van der Waals surface area contributed by atoms with E-state index in [-0.39, 0.29) is 0 Å². The highest BCUT2D eigenvalue weighted by Gasteiger charge is 2.75. The van der Waals surface area contributed by atoms with Gasteiger partial charge < -0.3 is 0 Å². The van der Waals surface area contributed by atoms with E-state index in [9.17, 15) is 0 Å². The minimum Gasteiger partial charge on any atom is -0.0793 e. The van der Waals surface area contributed by atoms with E-state index in [2.05, 4.69) is 36.5 Å². The summed E-state index contributed by atoms with van der Waals surface area (Å²) in [4.78, 5) is 0. The summed E-state index contributed by atoms with van der Waals surface area (Å²) >= 11 is 0. The zero-order valence-electron chi connectivity index (χ0n) is 11.8. The molecule has 3 aliphatic carbocycles. The van der Waals surface area contributed by atoms with Crippen molar-refractivity contribution in [1.29, 1.82) is 0 Å². The van der Waals surface area contributed by atoms with Crippen LogP contribution >= 0.6 is 0 Å². The molecule has 88 valence electrons. The van der Waals surface area contributed by atoms with Gasteiger partial charge in [0.2, 0.25) is 0 Å². The van der Waals surface area contributed by atoms with Crippen LogP contribution < -0.4 is 0 Å². The van der Waals surface area contributed by atoms with Gasteiger partial charge in [-0.15, -0.1) is 0 Å². The van der Waals surface area contributed by atoms with E-state index in [0.29, 0.717) is 10.6 Å². The van der Waals surface area contributed by atoms with Gasteiger partial charge in [0.1, 0.15) is 0 Å². The van der Waals surface area contributed by atoms with Gasteiger partial charge in [-0.25, -0.2) is 0 Å². The quantitative estimate of drug-likeness (QED) is 0.621. The maximum Gasteiger partial charge on any atom is 0.0999 e. The first-order valence-electron chi connectivity index (χ1n) is 7.23. The van der Waals surface area contributed by atoms with Gasteiger partial charge in [-0.1, -0.05) is 32.4 Å². The second-order valence-electron chi connectivity index (χ2n) is 8.69. The fourth-order valence-electron chi connectivity index (χ4n) is 4.80. The average molecular weight is 216 g/mol. The highest BCUT2D eigenvalue weighted by atomic mass is 14.8. The molecule has 0 aliphatic heterocycles. The Hall–Kier alpha value is 0.130. The molecule has 16 heavy (non-hydrogen) atoms. The first kappa shape index (κ1) is 11.2. The zero-order chi connectivity index (χ0) is 11.8. The Kier molecular flexibility index (Phi) is 1.93. The van der Waals surface area contributed by atoms with Crippen molar-refractivity contribution in [1.82, 2.24) is 0 Å². The van der Waals surface area contributed by atoms with Gasteiger partial charge in [0, 0.05) is 0 Å². The first-order valence-corrected chi connectivity index (χ1v) is 7.23. The summed E-state index contributed by atoms with van der Waals surface area (Å²) in [5.74, 6) is 1.15. The van der Waals surface area contributed by atoms with Crippen molar-refractivity contribution in [3.63, 3.8) is 0 Å². The van der Waals surface area contributed by atoms with Crippen LogP contribution in [0.5, 0.6) is 0 Å². The minimum atomic E-state index is 0.450. The van der Waals surface area contributed by atoms with Crippen molar-refractivity contribution >= 4 is 15.7 Å². The molecule has 3 aliphatic rings. The minimum absolute atomic E-state index is 0.450. The van der Waals surface area contributed by atoms with Gasteiger partial charge in [-0.2, -0.15) is 0 Å². The molecule has 3 atom stereocenters. The van der Waals surface area contributed by atoms with Crippen LogP contribution in [0.25, 0.3) is 0 Å². The first-order chi connectivity index (χ1) is 7.23. The van der Waals surface area contributed by atoms with Crippen LogP contribution in [0.4, 0.5) is 0 Å². The van der Waals surface area contributed by atoms with Crippen LogP contribution in [-0.4, -0.2) is 15.7 Å². The predicted octanol–water partition coefficient (Wildman–Crippen LogP) is 2.39. The third-order valence-electron chi connectivity index (χ3n) is 7.12. The molecule has 0 radical (unpaired) electrons. The molecule has 0 aromatic heterocycles. The highest BCUT2D eigenvalue weighted by molar-refractivity contribution is 6.40. The largest absolute Gasteiger partial charge is 0.0999 e. The maximum absolute atomic E-state index is 2.50. The van der Waals surface area contributed by atoms with Crippen molar-refractivity contribution in [2.45, 2.75) is 64.5 Å². The van der Waals surface area contributed by atoms with E-state index in [1.807, 2.05) is 0 Å². The van der Waals surface area contributed by atoms with Gasteiger partial charge in [0.15, 0.2) is 0 Å². The van der Waals surface area contributed by atoms with E-state index in [1.165, 1.54) is 6.42 Å². The second-order valence-corrected chi connectivity index (χ2v) is 8.69. The molecule has 3 saturated carbocycles. The molecule has 0 bridgehead atoms. The predicted molar refractivity (Wildman–Crippen MR) is 75.3 cm³/mol. The Balaban J connectivity index is 1.81. The van der Waals surface area contributed by atoms with Crippen molar-refractivity contribution in [3.8, 4) is 0 Å². The van der Waals surface area contributed by atoms with E-state index in [0.717, 1.165) is 16.7 Å². The highest BCUT2D eigenvalue weighted by Crippen LogP contribution is 2.84. The van der Waals surface area contributed by atoms with Crippen molar-refractivity contribution in [3.05, 3.63) is 0 Å². The van der Waals surface area contributed by atoms with E-state index in [1.54, 1.807) is 32.1 Å². The monoisotopic (exact) mass is 216 g/mol. The fraction of sp³-hybridized carbons (Fsp3) is 1.00. The van der Waals surface area contributed by atoms with E-state index >= 15 is 0 Å². The van der Waals surface area contributed by atoms with E-state index in [4.69, 9.17) is 0 Å². The lowest BCUT2D eigenvalue weighted by Gasteiger charge is -2.55. The summed E-state index contributed by atoms with van der Waals surface area (Å²) in [5, 5.41) is 0.498. The molecule has 3 rings (SSSR count). The molecule has 0 aromatic rings. The molecule has 0 heterocycles. The van der Waals surface area contributed by atoms with Gasteiger partial charge in [0.25, 0.3) is 0 Å². The Morgan fingerprint density at radius 2 is 1.81 bits per heavy atom. The molecule has 0 aromatic carbocycles. The Bertz CT molecular complexity index is 322. The van der Waals surface area contributed by atoms with E-state index < -0.39 is 0 Å². The van der Waals surface area contributed by atoms with Crippen molar-refractivity contribution in [2.75, 3.05) is 0 Å². The summed E-state index contributed by atoms with van der Waals surface area (Å²) in [6.07, 6.45) is 9.30. The lowest BCUT2D eigenvalue weighted by Crippen LogP contribution is -2.45. The molecule has 2 heteroatoms. The fourth-order valence-corrected chi connectivity index (χ4v) is 4.80. The Labute approximate surface area is 103 Å². The number of rotatable bonds is 2. The molecule has 1 spiro atoms. The Morgan fingerprint density at radius 1 is 1.12 bits per heavy atom. The van der Waals surface area contributed by atoms with Crippen LogP contribution in [0.3, 0.4) is 0 Å². The zero-order valence-corrected chi connectivity index (χ0v) is 11.8. The van der Waals surface area contributed by atoms with Crippen LogP contribution in [0.1, 0.15) is 59.3 Å². The third-order valence-corrected chi connectivity index (χ3v) is 7.12. The smallest absolute Gasteiger partial charge is 0.0793 e. The summed E-state index contributed by atoms with van der Waals surface area (Å²) < 4.78 is 0. The SMILES string of the molecule is BC(B)(CC12CCC3CC31CC2)C(C)(C)C. The van der Waals surface area contributed by atoms with Gasteiger partial charge in [-0.3, -0.25) is 0 Å². The number of hydrogen-bond donors (Lipinski definition) is 0. The summed E-state index contributed by atoms with van der Waals surface area (Å²) in [5.41, 5.74) is 2.11. The molecule has 3 unspecified atom stereocenters. The van der Waals surface area contributed by atoms with Crippen molar-refractivity contribution < 1.29 is 0 Å². The summed E-state index contributed by atoms with van der Waals surface area (Å²) in [6.45, 7) is 7.27. The molecule has 0 N–H and O–H groups in total. The molecule has 3 fully saturated rings. The van der Waals surface area contributed by atoms with Crippen molar-refractivity contribution in [2.24, 2.45) is 22.2 Å². The standard InChI is InChI=1S/C14H26B2/c1-11(2,3)14(15,16)9-12-5-4-10-8-13(10,12)7-6-12/h10H,4-9,15-16H2,1-3H3. The van der Waals surface area contributed by atoms with Crippen LogP contribution in [0.15, 0.2) is 0 Å². The third kappa shape index (κ3) is 1.14. The van der Waals surface area contributed by atoms with Crippen LogP contribution in [0.2, 0.25) is 5.21 Å². The lowest BCUT2D eigenvalue weighted by atomic mass is 9.36. The molecular weight excluding hydrogens is 190 g/mol. The average Bonchev–Trinajstić information content (AvgIpc) is 2.80. The summed E-state index contributed by atoms with van der Waals surface area (Å²) in [6, 6.07) is 0. The molecular formula is C14H26B2. The lowest BCUT2D eigenvalue weighted by molar-refractivity contribution is -0.00491. The van der Waals surface area contributed by atoms with Crippen LogP contribution in [-0.2, 0) is 0 Å². The molecule has 0 nitrogen and oxygen atoms in total. The van der Waals surface area contributed by atoms with Gasteiger partial charge >= 0.3 is 0 Å². The number of hydrogen-bond acceptors (Lipinski definition) is 0. The Morgan fingerprint density at radius 3 is 2.19 bits per heavy atom. The topological polar surface area (TPSA) is 0 Å². The molecule has 0 saturated heterocycles. The second kappa shape index (κ2) is 2.75. The van der Waals surface area contributed by atoms with Gasteiger partial charge in [0.05, 0.1) is 15.7 Å². The maximum atomic E-state index is 2.50. The van der Waals surface area contributed by atoms with Gasteiger partial charge in [-0.05, 0) is 54.3 Å². The molecule has 0 amide bonds.